The normalized spacial score (nSPS) is 17.2. The van der Waals surface area contributed by atoms with Gasteiger partial charge in [-0.15, -0.1) is 0 Å². The lowest BCUT2D eigenvalue weighted by Gasteiger charge is -2.22. The Balaban J connectivity index is 1.86. The number of hydrogen-bond acceptors (Lipinski definition) is 9. The molecule has 1 atom stereocenters. The molecular formula is C23H18N4O5S. The second-order valence-electron chi connectivity index (χ2n) is 6.99. The Hall–Kier alpha value is -4.18. The number of aliphatic hydroxyl groups is 1. The fourth-order valence-corrected chi connectivity index (χ4v) is 4.41. The number of esters is 1. The molecular weight excluding hydrogens is 444 g/mol. The number of aromatic nitrogens is 3. The molecule has 0 bridgehead atoms. The van der Waals surface area contributed by atoms with Gasteiger partial charge in [-0.1, -0.05) is 30.1 Å². The Morgan fingerprint density at radius 3 is 2.67 bits per heavy atom. The highest BCUT2D eigenvalue weighted by Crippen LogP contribution is 2.43. The van der Waals surface area contributed by atoms with Gasteiger partial charge in [-0.2, -0.15) is 0 Å². The molecule has 1 amide bonds. The van der Waals surface area contributed by atoms with E-state index in [0.717, 1.165) is 11.3 Å². The lowest BCUT2D eigenvalue weighted by molar-refractivity contribution is -0.132. The van der Waals surface area contributed by atoms with Gasteiger partial charge in [0, 0.05) is 30.4 Å². The lowest BCUT2D eigenvalue weighted by Crippen LogP contribution is -2.29. The molecule has 1 aliphatic rings. The first-order chi connectivity index (χ1) is 15.9. The third kappa shape index (κ3) is 4.03. The van der Waals surface area contributed by atoms with E-state index in [2.05, 4.69) is 21.5 Å². The van der Waals surface area contributed by atoms with Crippen molar-refractivity contribution in [3.8, 4) is 0 Å². The Morgan fingerprint density at radius 2 is 2.00 bits per heavy atom. The van der Waals surface area contributed by atoms with Crippen LogP contribution in [0.25, 0.3) is 5.76 Å². The van der Waals surface area contributed by atoms with Gasteiger partial charge in [-0.05, 0) is 30.7 Å². The Kier molecular flexibility index (Phi) is 6.09. The van der Waals surface area contributed by atoms with Crippen LogP contribution in [0.3, 0.4) is 0 Å². The molecule has 1 aliphatic heterocycles. The number of Topliss-reactive ketones (excluding diaryl/α,β-unsaturated/α-hetero) is 1. The number of thiazole rings is 1. The van der Waals surface area contributed by atoms with Crippen LogP contribution in [0.5, 0.6) is 0 Å². The van der Waals surface area contributed by atoms with Gasteiger partial charge in [-0.3, -0.25) is 24.5 Å². The summed E-state index contributed by atoms with van der Waals surface area (Å²) in [5.41, 5.74) is 1.07. The molecule has 10 heteroatoms. The molecule has 1 N–H and O–H groups in total. The number of aliphatic hydroxyl groups excluding tert-OH is 1. The maximum atomic E-state index is 13.1. The molecule has 0 radical (unpaired) electrons. The summed E-state index contributed by atoms with van der Waals surface area (Å²) >= 11 is 0.927. The third-order valence-electron chi connectivity index (χ3n) is 4.91. The van der Waals surface area contributed by atoms with Crippen molar-refractivity contribution in [2.45, 2.75) is 13.0 Å². The molecule has 3 aromatic rings. The number of rotatable bonds is 6. The van der Waals surface area contributed by atoms with Crippen LogP contribution in [-0.4, -0.2) is 44.3 Å². The van der Waals surface area contributed by atoms with Crippen molar-refractivity contribution >= 4 is 39.9 Å². The number of ketones is 1. The molecule has 4 heterocycles. The molecule has 4 rings (SSSR count). The highest BCUT2D eigenvalue weighted by atomic mass is 32.1. The van der Waals surface area contributed by atoms with Gasteiger partial charge in [0.15, 0.2) is 5.13 Å². The predicted molar refractivity (Wildman–Crippen MR) is 121 cm³/mol. The predicted octanol–water partition coefficient (Wildman–Crippen LogP) is 3.21. The monoisotopic (exact) mass is 462 g/mol. The number of carbonyl (C=O) groups is 3. The van der Waals surface area contributed by atoms with Crippen molar-refractivity contribution in [3.05, 3.63) is 89.0 Å². The second kappa shape index (κ2) is 9.13. The Labute approximate surface area is 192 Å². The zero-order valence-electron chi connectivity index (χ0n) is 17.5. The fraction of sp³-hybridized carbons (Fsp3) is 0.130. The van der Waals surface area contributed by atoms with Crippen LogP contribution in [0.1, 0.15) is 32.5 Å². The number of carbonyl (C=O) groups excluding carboxylic acids is 3. The highest BCUT2D eigenvalue weighted by Gasteiger charge is 2.48. The van der Waals surface area contributed by atoms with Crippen LogP contribution in [-0.2, 0) is 14.3 Å². The van der Waals surface area contributed by atoms with E-state index >= 15 is 0 Å². The van der Waals surface area contributed by atoms with Crippen molar-refractivity contribution in [1.82, 2.24) is 15.0 Å². The lowest BCUT2D eigenvalue weighted by atomic mass is 9.97. The molecule has 1 unspecified atom stereocenters. The van der Waals surface area contributed by atoms with E-state index in [1.807, 2.05) is 0 Å². The highest BCUT2D eigenvalue weighted by molar-refractivity contribution is 7.17. The van der Waals surface area contributed by atoms with Crippen LogP contribution in [0.15, 0.2) is 67.3 Å². The first-order valence-corrected chi connectivity index (χ1v) is 10.6. The standard InChI is InChI=1S/C23H18N4O5S/c1-3-11-32-22(31)20-13(2)26-23(33-20)27-17(15-5-4-8-25-12-15)16(19(29)21(27)30)18(28)14-6-9-24-10-7-14/h3-10,12,17,28H,1,11H2,2H3. The Bertz CT molecular complexity index is 1270. The van der Waals surface area contributed by atoms with Crippen LogP contribution in [0, 0.1) is 6.92 Å². The molecule has 9 nitrogen and oxygen atoms in total. The molecule has 0 aromatic carbocycles. The zero-order valence-corrected chi connectivity index (χ0v) is 18.3. The van der Waals surface area contributed by atoms with Gasteiger partial charge < -0.3 is 9.84 Å². The number of anilines is 1. The molecule has 166 valence electrons. The number of aryl methyl sites for hydroxylation is 1. The minimum absolute atomic E-state index is 0.0254. The fourth-order valence-electron chi connectivity index (χ4n) is 3.42. The molecule has 0 spiro atoms. The van der Waals surface area contributed by atoms with Gasteiger partial charge in [0.05, 0.1) is 17.3 Å². The van der Waals surface area contributed by atoms with Crippen LogP contribution in [0.2, 0.25) is 0 Å². The van der Waals surface area contributed by atoms with E-state index in [4.69, 9.17) is 4.74 Å². The zero-order chi connectivity index (χ0) is 23.5. The van der Waals surface area contributed by atoms with Crippen LogP contribution >= 0.6 is 11.3 Å². The van der Waals surface area contributed by atoms with E-state index in [1.54, 1.807) is 25.3 Å². The van der Waals surface area contributed by atoms with Gasteiger partial charge in [0.1, 0.15) is 17.2 Å². The number of amides is 1. The van der Waals surface area contributed by atoms with Gasteiger partial charge >= 0.3 is 11.9 Å². The molecule has 1 saturated heterocycles. The van der Waals surface area contributed by atoms with E-state index in [1.165, 1.54) is 41.7 Å². The average molecular weight is 462 g/mol. The molecule has 0 aliphatic carbocycles. The van der Waals surface area contributed by atoms with Gasteiger partial charge in [0.2, 0.25) is 0 Å². The summed E-state index contributed by atoms with van der Waals surface area (Å²) in [6.07, 6.45) is 7.43. The largest absolute Gasteiger partial charge is 0.507 e. The maximum Gasteiger partial charge on any atom is 0.350 e. The summed E-state index contributed by atoms with van der Waals surface area (Å²) in [7, 11) is 0. The number of ether oxygens (including phenoxy) is 1. The summed E-state index contributed by atoms with van der Waals surface area (Å²) in [4.78, 5) is 52.3. The van der Waals surface area contributed by atoms with Gasteiger partial charge in [-0.25, -0.2) is 9.78 Å². The van der Waals surface area contributed by atoms with Crippen LogP contribution in [0.4, 0.5) is 5.13 Å². The Morgan fingerprint density at radius 1 is 1.24 bits per heavy atom. The minimum Gasteiger partial charge on any atom is -0.507 e. The van der Waals surface area contributed by atoms with Crippen molar-refractivity contribution in [2.24, 2.45) is 0 Å². The van der Waals surface area contributed by atoms with Crippen molar-refractivity contribution in [3.63, 3.8) is 0 Å². The van der Waals surface area contributed by atoms with E-state index in [-0.39, 0.29) is 27.9 Å². The average Bonchev–Trinajstić information content (AvgIpc) is 3.35. The van der Waals surface area contributed by atoms with E-state index in [9.17, 15) is 19.5 Å². The topological polar surface area (TPSA) is 123 Å². The minimum atomic E-state index is -0.991. The smallest absolute Gasteiger partial charge is 0.350 e. The summed E-state index contributed by atoms with van der Waals surface area (Å²) in [5.74, 6) is -2.70. The number of hydrogen-bond donors (Lipinski definition) is 1. The number of pyridine rings is 2. The van der Waals surface area contributed by atoms with Crippen LogP contribution < -0.4 is 4.90 Å². The van der Waals surface area contributed by atoms with E-state index < -0.39 is 23.7 Å². The SMILES string of the molecule is C=CCOC(=O)c1sc(N2C(=O)C(=O)C(=C(O)c3ccncc3)C2c2cccnc2)nc1C. The first-order valence-electron chi connectivity index (χ1n) is 9.80. The molecule has 0 saturated carbocycles. The first kappa shape index (κ1) is 22.0. The molecule has 33 heavy (non-hydrogen) atoms. The summed E-state index contributed by atoms with van der Waals surface area (Å²) < 4.78 is 5.09. The number of nitrogens with zero attached hydrogens (tertiary/aromatic N) is 4. The maximum absolute atomic E-state index is 13.1. The quantitative estimate of drug-likeness (QED) is 0.195. The van der Waals surface area contributed by atoms with E-state index in [0.29, 0.717) is 16.8 Å². The summed E-state index contributed by atoms with van der Waals surface area (Å²) in [5, 5.41) is 11.1. The molecule has 3 aromatic heterocycles. The van der Waals surface area contributed by atoms with Gasteiger partial charge in [0.25, 0.3) is 5.78 Å². The van der Waals surface area contributed by atoms with Crippen molar-refractivity contribution in [1.29, 1.82) is 0 Å². The third-order valence-corrected chi connectivity index (χ3v) is 6.04. The van der Waals surface area contributed by atoms with Crippen molar-refractivity contribution in [2.75, 3.05) is 11.5 Å². The summed E-state index contributed by atoms with van der Waals surface area (Å²) in [6, 6.07) is 5.42. The second-order valence-corrected chi connectivity index (χ2v) is 7.97. The van der Waals surface area contributed by atoms with Crippen molar-refractivity contribution < 1.29 is 24.2 Å². The molecule has 1 fully saturated rings. The summed E-state index contributed by atoms with van der Waals surface area (Å²) in [6.45, 7) is 5.14.